The van der Waals surface area contributed by atoms with Crippen molar-refractivity contribution >= 4 is 40.0 Å². The maximum atomic E-state index is 12.5. The monoisotopic (exact) mass is 486 g/mol. The third-order valence-corrected chi connectivity index (χ3v) is 6.48. The molecule has 3 rings (SSSR count). The van der Waals surface area contributed by atoms with Crippen LogP contribution in [0.15, 0.2) is 48.1 Å². The van der Waals surface area contributed by atoms with Crippen LogP contribution in [0.2, 0.25) is 0 Å². The Morgan fingerprint density at radius 2 is 2.03 bits per heavy atom. The lowest BCUT2D eigenvalue weighted by Gasteiger charge is -2.15. The van der Waals surface area contributed by atoms with Crippen molar-refractivity contribution in [1.29, 1.82) is 0 Å². The van der Waals surface area contributed by atoms with Crippen molar-refractivity contribution in [3.63, 3.8) is 0 Å². The van der Waals surface area contributed by atoms with Crippen LogP contribution in [-0.4, -0.2) is 56.3 Å². The second kappa shape index (κ2) is 11.1. The number of anilines is 1. The van der Waals surface area contributed by atoms with Gasteiger partial charge in [0.05, 0.1) is 11.4 Å². The van der Waals surface area contributed by atoms with Crippen LogP contribution in [0.25, 0.3) is 0 Å². The van der Waals surface area contributed by atoms with Crippen molar-refractivity contribution in [2.75, 3.05) is 25.2 Å². The van der Waals surface area contributed by atoms with Gasteiger partial charge in [0, 0.05) is 20.6 Å². The van der Waals surface area contributed by atoms with E-state index in [0.29, 0.717) is 33.2 Å². The maximum absolute atomic E-state index is 12.5. The summed E-state index contributed by atoms with van der Waals surface area (Å²) < 4.78 is 7.85. The number of hydrogen-bond acceptors (Lipinski definition) is 8. The molecule has 174 valence electrons. The molecule has 1 atom stereocenters. The van der Waals surface area contributed by atoms with Crippen molar-refractivity contribution in [2.24, 2.45) is 0 Å². The molecule has 0 spiro atoms. The second-order valence-corrected chi connectivity index (χ2v) is 9.22. The Hall–Kier alpha value is -3.18. The number of amides is 2. The smallest absolute Gasteiger partial charge is 0.265 e. The van der Waals surface area contributed by atoms with Crippen molar-refractivity contribution in [1.82, 2.24) is 24.6 Å². The number of carbonyl (C=O) groups is 2. The molecule has 9 nitrogen and oxygen atoms in total. The molecule has 1 N–H and O–H groups in total. The van der Waals surface area contributed by atoms with Gasteiger partial charge in [-0.25, -0.2) is 4.98 Å². The van der Waals surface area contributed by atoms with Crippen LogP contribution in [0.3, 0.4) is 0 Å². The summed E-state index contributed by atoms with van der Waals surface area (Å²) in [6, 6.07) is 9.48. The van der Waals surface area contributed by atoms with Gasteiger partial charge in [0.1, 0.15) is 10.6 Å². The molecule has 2 amide bonds. The Bertz CT molecular complexity index is 1130. The van der Waals surface area contributed by atoms with E-state index in [1.807, 2.05) is 41.8 Å². The number of carbonyl (C=O) groups excluding carboxylic acids is 2. The normalized spacial score (nSPS) is 11.6. The van der Waals surface area contributed by atoms with Gasteiger partial charge in [0.15, 0.2) is 22.2 Å². The van der Waals surface area contributed by atoms with E-state index in [9.17, 15) is 9.59 Å². The minimum absolute atomic E-state index is 0.110. The Morgan fingerprint density at radius 1 is 1.30 bits per heavy atom. The van der Waals surface area contributed by atoms with Crippen LogP contribution >= 0.6 is 23.1 Å². The third-order valence-electron chi connectivity index (χ3n) is 4.45. The highest BCUT2D eigenvalue weighted by molar-refractivity contribution is 7.99. The lowest BCUT2D eigenvalue weighted by molar-refractivity contribution is -0.113. The van der Waals surface area contributed by atoms with E-state index < -0.39 is 0 Å². The number of aromatic nitrogens is 4. The highest BCUT2D eigenvalue weighted by atomic mass is 32.2. The van der Waals surface area contributed by atoms with Crippen LogP contribution in [0.5, 0.6) is 5.75 Å². The van der Waals surface area contributed by atoms with Gasteiger partial charge in [-0.3, -0.25) is 14.2 Å². The first-order valence-electron chi connectivity index (χ1n) is 10.2. The number of rotatable bonds is 10. The first kappa shape index (κ1) is 24.5. The fourth-order valence-electron chi connectivity index (χ4n) is 2.90. The number of thioether (sulfide) groups is 1. The minimum atomic E-state index is -0.339. The number of hydrogen-bond donors (Lipinski definition) is 1. The number of benzene rings is 1. The van der Waals surface area contributed by atoms with E-state index in [-0.39, 0.29) is 23.7 Å². The molecule has 3 aromatic rings. The van der Waals surface area contributed by atoms with Gasteiger partial charge < -0.3 is 15.0 Å². The highest BCUT2D eigenvalue weighted by Gasteiger charge is 2.21. The number of aryl methyl sites for hydroxylation is 1. The van der Waals surface area contributed by atoms with Crippen LogP contribution in [0, 0.1) is 6.92 Å². The molecule has 0 aliphatic carbocycles. The molecule has 0 bridgehead atoms. The van der Waals surface area contributed by atoms with Crippen LogP contribution in [0.1, 0.15) is 34.2 Å². The van der Waals surface area contributed by atoms with Crippen molar-refractivity contribution < 1.29 is 14.3 Å². The standard InChI is InChI=1S/C22H26N6O3S2/c1-6-12-28-19(15(3)31-16-10-8-7-9-11-16)25-26-22(28)32-13-17(29)24-21-23-14(2)18(33-21)20(30)27(4)5/h6-11,15H,1,12-13H2,2-5H3,(H,23,24,29). The molecule has 2 aromatic heterocycles. The predicted molar refractivity (Wildman–Crippen MR) is 130 cm³/mol. The fraction of sp³-hybridized carbons (Fsp3) is 0.318. The molecule has 0 fully saturated rings. The second-order valence-electron chi connectivity index (χ2n) is 7.28. The molecule has 0 aliphatic rings. The number of thiazole rings is 1. The zero-order valence-corrected chi connectivity index (χ0v) is 20.6. The number of ether oxygens (including phenoxy) is 1. The lowest BCUT2D eigenvalue weighted by Crippen LogP contribution is -2.21. The summed E-state index contributed by atoms with van der Waals surface area (Å²) in [6.45, 7) is 7.93. The Labute approximate surface area is 200 Å². The number of nitrogens with zero attached hydrogens (tertiary/aromatic N) is 5. The Kier molecular flexibility index (Phi) is 8.23. The molecular formula is C22H26N6O3S2. The molecular weight excluding hydrogens is 460 g/mol. The summed E-state index contributed by atoms with van der Waals surface area (Å²) in [5.41, 5.74) is 0.587. The first-order valence-corrected chi connectivity index (χ1v) is 12.0. The van der Waals surface area contributed by atoms with E-state index in [1.54, 1.807) is 27.1 Å². The van der Waals surface area contributed by atoms with Crippen LogP contribution in [-0.2, 0) is 11.3 Å². The fourth-order valence-corrected chi connectivity index (χ4v) is 4.66. The molecule has 2 heterocycles. The summed E-state index contributed by atoms with van der Waals surface area (Å²) in [6.07, 6.45) is 1.40. The van der Waals surface area contributed by atoms with Crippen molar-refractivity contribution in [3.8, 4) is 5.75 Å². The molecule has 0 radical (unpaired) electrons. The van der Waals surface area contributed by atoms with Crippen LogP contribution < -0.4 is 10.1 Å². The van der Waals surface area contributed by atoms with Gasteiger partial charge >= 0.3 is 0 Å². The maximum Gasteiger partial charge on any atom is 0.265 e. The van der Waals surface area contributed by atoms with E-state index in [0.717, 1.165) is 17.1 Å². The minimum Gasteiger partial charge on any atom is -0.483 e. The van der Waals surface area contributed by atoms with Crippen LogP contribution in [0.4, 0.5) is 5.13 Å². The average Bonchev–Trinajstić information content (AvgIpc) is 3.35. The zero-order chi connectivity index (χ0) is 24.0. The Morgan fingerprint density at radius 3 is 2.70 bits per heavy atom. The largest absolute Gasteiger partial charge is 0.483 e. The highest BCUT2D eigenvalue weighted by Crippen LogP contribution is 2.26. The first-order chi connectivity index (χ1) is 15.8. The average molecular weight is 487 g/mol. The molecule has 0 saturated carbocycles. The summed E-state index contributed by atoms with van der Waals surface area (Å²) in [7, 11) is 3.35. The zero-order valence-electron chi connectivity index (χ0n) is 18.9. The van der Waals surface area contributed by atoms with Gasteiger partial charge in [-0.15, -0.1) is 16.8 Å². The molecule has 11 heteroatoms. The number of nitrogens with one attached hydrogen (secondary N) is 1. The van der Waals surface area contributed by atoms with Gasteiger partial charge in [-0.2, -0.15) is 0 Å². The molecule has 0 saturated heterocycles. The van der Waals surface area contributed by atoms with Crippen molar-refractivity contribution in [3.05, 3.63) is 59.4 Å². The molecule has 33 heavy (non-hydrogen) atoms. The van der Waals surface area contributed by atoms with Crippen molar-refractivity contribution in [2.45, 2.75) is 31.7 Å². The number of allylic oxidation sites excluding steroid dienone is 1. The third kappa shape index (κ3) is 6.20. The summed E-state index contributed by atoms with van der Waals surface area (Å²) in [4.78, 5) is 31.0. The quantitative estimate of drug-likeness (QED) is 0.343. The molecule has 0 aliphatic heterocycles. The topological polar surface area (TPSA) is 102 Å². The van der Waals surface area contributed by atoms with E-state index in [4.69, 9.17) is 4.74 Å². The van der Waals surface area contributed by atoms with E-state index >= 15 is 0 Å². The summed E-state index contributed by atoms with van der Waals surface area (Å²) >= 11 is 2.42. The summed E-state index contributed by atoms with van der Waals surface area (Å²) in [5.74, 6) is 1.10. The number of para-hydroxylation sites is 1. The van der Waals surface area contributed by atoms with Gasteiger partial charge in [-0.05, 0) is 26.0 Å². The molecule has 1 unspecified atom stereocenters. The lowest BCUT2D eigenvalue weighted by atomic mass is 10.3. The van der Waals surface area contributed by atoms with Gasteiger partial charge in [0.2, 0.25) is 5.91 Å². The summed E-state index contributed by atoms with van der Waals surface area (Å²) in [5, 5.41) is 12.3. The van der Waals surface area contributed by atoms with E-state index in [1.165, 1.54) is 16.7 Å². The Balaban J connectivity index is 1.65. The van der Waals surface area contributed by atoms with Gasteiger partial charge in [-0.1, -0.05) is 47.4 Å². The van der Waals surface area contributed by atoms with Gasteiger partial charge in [0.25, 0.3) is 5.91 Å². The predicted octanol–water partition coefficient (Wildman–Crippen LogP) is 3.80. The molecule has 1 aromatic carbocycles. The van der Waals surface area contributed by atoms with E-state index in [2.05, 4.69) is 27.1 Å². The SMILES string of the molecule is C=CCn1c(SCC(=O)Nc2nc(C)c(C(=O)N(C)C)s2)nnc1C(C)Oc1ccccc1.